The highest BCUT2D eigenvalue weighted by Crippen LogP contribution is 2.39. The van der Waals surface area contributed by atoms with Gasteiger partial charge < -0.3 is 24.4 Å². The van der Waals surface area contributed by atoms with E-state index in [4.69, 9.17) is 9.47 Å². The molecule has 2 fully saturated rings. The van der Waals surface area contributed by atoms with Gasteiger partial charge in [0.15, 0.2) is 0 Å². The summed E-state index contributed by atoms with van der Waals surface area (Å²) in [5, 5.41) is 11.2. The minimum absolute atomic E-state index is 0.0277. The normalized spacial score (nSPS) is 20.8. The number of amides is 1. The van der Waals surface area contributed by atoms with Crippen molar-refractivity contribution in [2.24, 2.45) is 0 Å². The number of morpholine rings is 1. The number of ether oxygens (including phenoxy) is 2. The third-order valence-corrected chi connectivity index (χ3v) is 6.34. The average Bonchev–Trinajstić information content (AvgIpc) is 3.08. The van der Waals surface area contributed by atoms with Gasteiger partial charge in [0, 0.05) is 5.56 Å². The lowest BCUT2D eigenvalue weighted by Gasteiger charge is -2.29. The van der Waals surface area contributed by atoms with Crippen molar-refractivity contribution in [2.75, 3.05) is 39.4 Å². The van der Waals surface area contributed by atoms with Crippen LogP contribution in [0.2, 0.25) is 0 Å². The standard InChI is InChI=1S/C27H32N2O5/c1-18(2)34-22-10-8-21(9-11-22)25(30)23-24(20-6-4-19(3)5-7-20)29(27(32)26(23)31)13-12-28-14-16-33-17-15-28/h4-11,18,24,30H,12-17H2,1-3H3/p+1/b25-23-/t24-/m1/s1. The SMILES string of the molecule is Cc1ccc([C@@H]2/C(=C(/O)c3ccc(OC(C)C)cc3)C(=O)C(=O)N2CC[NH+]2CCOCC2)cc1. The van der Waals surface area contributed by atoms with Crippen LogP contribution in [0.3, 0.4) is 0 Å². The zero-order chi connectivity index (χ0) is 24.2. The molecule has 0 spiro atoms. The first kappa shape index (κ1) is 24.0. The first-order valence-electron chi connectivity index (χ1n) is 11.9. The number of Topliss-reactive ketones (excluding diaryl/α,β-unsaturated/α-hetero) is 1. The number of rotatable bonds is 7. The molecule has 0 unspecified atom stereocenters. The van der Waals surface area contributed by atoms with Crippen LogP contribution in [0.5, 0.6) is 5.75 Å². The number of aliphatic hydroxyl groups excluding tert-OH is 1. The first-order chi connectivity index (χ1) is 16.3. The molecule has 2 saturated heterocycles. The van der Waals surface area contributed by atoms with Gasteiger partial charge in [-0.15, -0.1) is 0 Å². The van der Waals surface area contributed by atoms with Crippen LogP contribution in [0, 0.1) is 6.92 Å². The zero-order valence-electron chi connectivity index (χ0n) is 20.0. The number of hydrogen-bond acceptors (Lipinski definition) is 5. The van der Waals surface area contributed by atoms with Crippen LogP contribution >= 0.6 is 0 Å². The Labute approximate surface area is 200 Å². The van der Waals surface area contributed by atoms with E-state index in [1.165, 1.54) is 4.90 Å². The third kappa shape index (κ3) is 5.16. The monoisotopic (exact) mass is 465 g/mol. The van der Waals surface area contributed by atoms with E-state index in [0.717, 1.165) is 30.8 Å². The quantitative estimate of drug-likeness (QED) is 0.372. The van der Waals surface area contributed by atoms with Gasteiger partial charge in [0.1, 0.15) is 24.6 Å². The van der Waals surface area contributed by atoms with Crippen LogP contribution in [0.15, 0.2) is 54.1 Å². The number of likely N-dealkylation sites (tertiary alicyclic amines) is 1. The summed E-state index contributed by atoms with van der Waals surface area (Å²) in [4.78, 5) is 29.3. The molecular weight excluding hydrogens is 432 g/mol. The molecule has 0 bridgehead atoms. The fraction of sp³-hybridized carbons (Fsp3) is 0.407. The number of benzene rings is 2. The van der Waals surface area contributed by atoms with Crippen molar-refractivity contribution in [2.45, 2.75) is 32.9 Å². The van der Waals surface area contributed by atoms with Gasteiger partial charge in [-0.1, -0.05) is 29.8 Å². The first-order valence-corrected chi connectivity index (χ1v) is 11.9. The predicted octanol–water partition coefficient (Wildman–Crippen LogP) is 2.12. The molecule has 2 aromatic rings. The van der Waals surface area contributed by atoms with Crippen molar-refractivity contribution in [3.8, 4) is 5.75 Å². The van der Waals surface area contributed by atoms with Gasteiger partial charge in [-0.2, -0.15) is 0 Å². The Bertz CT molecular complexity index is 1050. The van der Waals surface area contributed by atoms with Gasteiger partial charge in [0.25, 0.3) is 11.7 Å². The zero-order valence-corrected chi connectivity index (χ0v) is 20.0. The lowest BCUT2D eigenvalue weighted by molar-refractivity contribution is -0.907. The van der Waals surface area contributed by atoms with Gasteiger partial charge in [0.05, 0.1) is 44.0 Å². The Kier molecular flexibility index (Phi) is 7.34. The highest BCUT2D eigenvalue weighted by molar-refractivity contribution is 6.46. The predicted molar refractivity (Wildman–Crippen MR) is 129 cm³/mol. The van der Waals surface area contributed by atoms with E-state index >= 15 is 0 Å². The second kappa shape index (κ2) is 10.4. The molecule has 1 amide bonds. The van der Waals surface area contributed by atoms with Crippen LogP contribution in [0.1, 0.15) is 36.6 Å². The smallest absolute Gasteiger partial charge is 0.295 e. The van der Waals surface area contributed by atoms with E-state index in [-0.39, 0.29) is 17.4 Å². The van der Waals surface area contributed by atoms with E-state index in [1.54, 1.807) is 29.2 Å². The lowest BCUT2D eigenvalue weighted by Crippen LogP contribution is -3.14. The molecular formula is C27H33N2O5+. The number of nitrogens with one attached hydrogen (secondary N) is 1. The summed E-state index contributed by atoms with van der Waals surface area (Å²) in [6.07, 6.45) is 0.0277. The summed E-state index contributed by atoms with van der Waals surface area (Å²) >= 11 is 0. The molecule has 0 aliphatic carbocycles. The lowest BCUT2D eigenvalue weighted by atomic mass is 9.94. The van der Waals surface area contributed by atoms with E-state index in [2.05, 4.69) is 0 Å². The van der Waals surface area contributed by atoms with Gasteiger partial charge in [-0.25, -0.2) is 0 Å². The highest BCUT2D eigenvalue weighted by Gasteiger charge is 2.46. The Morgan fingerprint density at radius 1 is 1.09 bits per heavy atom. The molecule has 7 nitrogen and oxygen atoms in total. The minimum Gasteiger partial charge on any atom is -0.507 e. The molecule has 2 aliphatic rings. The maximum absolute atomic E-state index is 13.2. The molecule has 2 aliphatic heterocycles. The summed E-state index contributed by atoms with van der Waals surface area (Å²) in [6, 6.07) is 14.1. The van der Waals surface area contributed by atoms with Crippen LogP contribution in [0.25, 0.3) is 5.76 Å². The fourth-order valence-electron chi connectivity index (χ4n) is 4.51. The van der Waals surface area contributed by atoms with Gasteiger partial charge in [-0.3, -0.25) is 9.59 Å². The van der Waals surface area contributed by atoms with Gasteiger partial charge >= 0.3 is 0 Å². The summed E-state index contributed by atoms with van der Waals surface area (Å²) < 4.78 is 11.1. The molecule has 34 heavy (non-hydrogen) atoms. The molecule has 2 aromatic carbocycles. The van der Waals surface area contributed by atoms with Crippen molar-refractivity contribution >= 4 is 17.4 Å². The number of ketones is 1. The summed E-state index contributed by atoms with van der Waals surface area (Å²) in [5.74, 6) is -0.709. The highest BCUT2D eigenvalue weighted by atomic mass is 16.5. The van der Waals surface area contributed by atoms with E-state index in [9.17, 15) is 14.7 Å². The van der Waals surface area contributed by atoms with Crippen LogP contribution in [0.4, 0.5) is 0 Å². The maximum Gasteiger partial charge on any atom is 0.295 e. The number of hydrogen-bond donors (Lipinski definition) is 2. The third-order valence-electron chi connectivity index (χ3n) is 6.34. The molecule has 2 N–H and O–H groups in total. The Morgan fingerprint density at radius 2 is 1.74 bits per heavy atom. The number of nitrogens with zero attached hydrogens (tertiary/aromatic N) is 1. The minimum atomic E-state index is -0.650. The topological polar surface area (TPSA) is 80.5 Å². The second-order valence-electron chi connectivity index (χ2n) is 9.21. The second-order valence-corrected chi connectivity index (χ2v) is 9.21. The molecule has 2 heterocycles. The summed E-state index contributed by atoms with van der Waals surface area (Å²) in [5.41, 5.74) is 2.50. The van der Waals surface area contributed by atoms with Crippen molar-refractivity contribution in [1.82, 2.24) is 4.90 Å². The van der Waals surface area contributed by atoms with Crippen LogP contribution in [-0.2, 0) is 14.3 Å². The van der Waals surface area contributed by atoms with Crippen LogP contribution < -0.4 is 9.64 Å². The molecule has 180 valence electrons. The molecule has 0 aromatic heterocycles. The molecule has 0 saturated carbocycles. The van der Waals surface area contributed by atoms with Gasteiger partial charge in [-0.05, 0) is 50.6 Å². The van der Waals surface area contributed by atoms with Crippen molar-refractivity contribution in [3.05, 3.63) is 70.8 Å². The number of aliphatic hydroxyl groups is 1. The van der Waals surface area contributed by atoms with Crippen molar-refractivity contribution < 1.29 is 29.1 Å². The Balaban J connectivity index is 1.69. The number of carbonyl (C=O) groups is 2. The molecule has 4 rings (SSSR count). The van der Waals surface area contributed by atoms with E-state index in [0.29, 0.717) is 31.1 Å². The maximum atomic E-state index is 13.2. The van der Waals surface area contributed by atoms with E-state index in [1.807, 2.05) is 45.0 Å². The van der Waals surface area contributed by atoms with E-state index < -0.39 is 17.7 Å². The summed E-state index contributed by atoms with van der Waals surface area (Å²) in [6.45, 7) is 10.2. The summed E-state index contributed by atoms with van der Waals surface area (Å²) in [7, 11) is 0. The number of aryl methyl sites for hydroxylation is 1. The molecule has 1 atom stereocenters. The Hall–Kier alpha value is -3.16. The number of carbonyl (C=O) groups excluding carboxylic acids is 2. The largest absolute Gasteiger partial charge is 0.507 e. The van der Waals surface area contributed by atoms with Crippen LogP contribution in [-0.4, -0.2) is 67.2 Å². The number of quaternary nitrogens is 1. The van der Waals surface area contributed by atoms with Crippen molar-refractivity contribution in [1.29, 1.82) is 0 Å². The average molecular weight is 466 g/mol. The molecule has 0 radical (unpaired) electrons. The van der Waals surface area contributed by atoms with Gasteiger partial charge in [0.2, 0.25) is 0 Å². The fourth-order valence-corrected chi connectivity index (χ4v) is 4.51. The Morgan fingerprint density at radius 3 is 2.35 bits per heavy atom. The molecule has 7 heteroatoms. The van der Waals surface area contributed by atoms with Crippen molar-refractivity contribution in [3.63, 3.8) is 0 Å².